The predicted molar refractivity (Wildman–Crippen MR) is 97.0 cm³/mol. The lowest BCUT2D eigenvalue weighted by Crippen LogP contribution is -2.32. The van der Waals surface area contributed by atoms with Crippen molar-refractivity contribution in [3.05, 3.63) is 30.1 Å². The van der Waals surface area contributed by atoms with Gasteiger partial charge < -0.3 is 14.4 Å². The van der Waals surface area contributed by atoms with Crippen LogP contribution in [0.3, 0.4) is 0 Å². The summed E-state index contributed by atoms with van der Waals surface area (Å²) in [5.74, 6) is 1.24. The standard InChI is InChI=1S/C19H30N4/c1-16(15-21(2)3)23-18-10-6-5-9-17(18)20-19(23)11-14-22-12-7-4-8-13-22/h5-6,9-10,16H,4,7-8,11-15H2,1-3H3. The van der Waals surface area contributed by atoms with Gasteiger partial charge in [-0.25, -0.2) is 4.98 Å². The van der Waals surface area contributed by atoms with Gasteiger partial charge >= 0.3 is 0 Å². The molecule has 4 nitrogen and oxygen atoms in total. The molecule has 1 saturated heterocycles. The quantitative estimate of drug-likeness (QED) is 0.818. The number of para-hydroxylation sites is 2. The van der Waals surface area contributed by atoms with Crippen molar-refractivity contribution in [1.29, 1.82) is 0 Å². The van der Waals surface area contributed by atoms with E-state index in [-0.39, 0.29) is 0 Å². The molecule has 1 aromatic carbocycles. The van der Waals surface area contributed by atoms with Gasteiger partial charge in [-0.1, -0.05) is 18.6 Å². The zero-order chi connectivity index (χ0) is 16.2. The molecule has 1 unspecified atom stereocenters. The molecule has 0 spiro atoms. The monoisotopic (exact) mass is 314 g/mol. The second-order valence-electron chi connectivity index (χ2n) is 7.15. The molecule has 2 heterocycles. The molecule has 0 saturated carbocycles. The zero-order valence-corrected chi connectivity index (χ0v) is 14.8. The number of hydrogen-bond donors (Lipinski definition) is 0. The van der Waals surface area contributed by atoms with Crippen molar-refractivity contribution in [2.45, 2.75) is 38.6 Å². The Morgan fingerprint density at radius 3 is 2.61 bits per heavy atom. The summed E-state index contributed by atoms with van der Waals surface area (Å²) in [6.45, 7) is 6.99. The van der Waals surface area contributed by atoms with Crippen molar-refractivity contribution in [3.63, 3.8) is 0 Å². The van der Waals surface area contributed by atoms with Crippen molar-refractivity contribution in [3.8, 4) is 0 Å². The third-order valence-corrected chi connectivity index (χ3v) is 4.84. The molecule has 1 atom stereocenters. The second kappa shape index (κ2) is 7.45. The van der Waals surface area contributed by atoms with Crippen LogP contribution in [0.25, 0.3) is 11.0 Å². The van der Waals surface area contributed by atoms with E-state index in [1.54, 1.807) is 0 Å². The Hall–Kier alpha value is -1.39. The average molecular weight is 314 g/mol. The van der Waals surface area contributed by atoms with Crippen LogP contribution in [-0.4, -0.2) is 59.6 Å². The van der Waals surface area contributed by atoms with Crippen molar-refractivity contribution in [1.82, 2.24) is 19.4 Å². The molecule has 1 aromatic heterocycles. The van der Waals surface area contributed by atoms with Crippen molar-refractivity contribution >= 4 is 11.0 Å². The molecule has 126 valence electrons. The molecule has 0 amide bonds. The molecular weight excluding hydrogens is 284 g/mol. The van der Waals surface area contributed by atoms with Crippen LogP contribution in [-0.2, 0) is 6.42 Å². The van der Waals surface area contributed by atoms with Crippen LogP contribution in [0.2, 0.25) is 0 Å². The summed E-state index contributed by atoms with van der Waals surface area (Å²) in [6, 6.07) is 8.99. The van der Waals surface area contributed by atoms with E-state index >= 15 is 0 Å². The topological polar surface area (TPSA) is 24.3 Å². The van der Waals surface area contributed by atoms with E-state index in [4.69, 9.17) is 4.98 Å². The first-order valence-electron chi connectivity index (χ1n) is 8.98. The largest absolute Gasteiger partial charge is 0.324 e. The Bertz CT molecular complexity index is 625. The van der Waals surface area contributed by atoms with E-state index < -0.39 is 0 Å². The van der Waals surface area contributed by atoms with Crippen LogP contribution < -0.4 is 0 Å². The number of aromatic nitrogens is 2. The number of benzene rings is 1. The number of nitrogens with zero attached hydrogens (tertiary/aromatic N) is 4. The Morgan fingerprint density at radius 1 is 1.13 bits per heavy atom. The molecule has 0 aliphatic carbocycles. The minimum atomic E-state index is 0.439. The third kappa shape index (κ3) is 3.93. The van der Waals surface area contributed by atoms with Crippen LogP contribution in [0, 0.1) is 0 Å². The number of likely N-dealkylation sites (N-methyl/N-ethyl adjacent to an activating group) is 1. The van der Waals surface area contributed by atoms with E-state index in [0.29, 0.717) is 6.04 Å². The Labute approximate surface area is 140 Å². The highest BCUT2D eigenvalue weighted by Gasteiger charge is 2.17. The summed E-state index contributed by atoms with van der Waals surface area (Å²) in [5, 5.41) is 0. The molecule has 2 aromatic rings. The zero-order valence-electron chi connectivity index (χ0n) is 14.8. The van der Waals surface area contributed by atoms with Crippen molar-refractivity contribution < 1.29 is 0 Å². The van der Waals surface area contributed by atoms with Crippen LogP contribution in [0.4, 0.5) is 0 Å². The van der Waals surface area contributed by atoms with E-state index in [0.717, 1.165) is 25.0 Å². The van der Waals surface area contributed by atoms with Gasteiger partial charge in [-0.15, -0.1) is 0 Å². The van der Waals surface area contributed by atoms with Gasteiger partial charge in [0, 0.05) is 25.6 Å². The van der Waals surface area contributed by atoms with E-state index in [9.17, 15) is 0 Å². The molecule has 3 rings (SSSR count). The SMILES string of the molecule is CC(CN(C)C)n1c(CCN2CCCCC2)nc2ccccc21. The first-order chi connectivity index (χ1) is 11.1. The van der Waals surface area contributed by atoms with Crippen molar-refractivity contribution in [2.75, 3.05) is 40.3 Å². The molecule has 1 aliphatic rings. The molecule has 23 heavy (non-hydrogen) atoms. The highest BCUT2D eigenvalue weighted by atomic mass is 15.2. The molecular formula is C19H30N4. The second-order valence-corrected chi connectivity index (χ2v) is 7.15. The van der Waals surface area contributed by atoms with Crippen LogP contribution in [0.15, 0.2) is 24.3 Å². The first-order valence-corrected chi connectivity index (χ1v) is 8.98. The molecule has 1 aliphatic heterocycles. The van der Waals surface area contributed by atoms with Gasteiger partial charge in [0.2, 0.25) is 0 Å². The smallest absolute Gasteiger partial charge is 0.111 e. The molecule has 0 N–H and O–H groups in total. The Balaban J connectivity index is 1.82. The lowest BCUT2D eigenvalue weighted by atomic mass is 10.1. The average Bonchev–Trinajstić information content (AvgIpc) is 2.91. The summed E-state index contributed by atoms with van der Waals surface area (Å²) in [5.41, 5.74) is 2.40. The molecule has 4 heteroatoms. The van der Waals surface area contributed by atoms with E-state index in [1.807, 2.05) is 0 Å². The summed E-state index contributed by atoms with van der Waals surface area (Å²) in [4.78, 5) is 9.80. The fourth-order valence-electron chi connectivity index (χ4n) is 3.81. The predicted octanol–water partition coefficient (Wildman–Crippen LogP) is 3.19. The number of fused-ring (bicyclic) bond motifs is 1. The lowest BCUT2D eigenvalue weighted by Gasteiger charge is -2.27. The van der Waals surface area contributed by atoms with Crippen LogP contribution >= 0.6 is 0 Å². The maximum Gasteiger partial charge on any atom is 0.111 e. The van der Waals surface area contributed by atoms with Gasteiger partial charge in [0.15, 0.2) is 0 Å². The summed E-state index contributed by atoms with van der Waals surface area (Å²) < 4.78 is 2.46. The van der Waals surface area contributed by atoms with Gasteiger partial charge in [-0.3, -0.25) is 0 Å². The van der Waals surface area contributed by atoms with Crippen LogP contribution in [0.5, 0.6) is 0 Å². The normalized spacial score (nSPS) is 17.9. The van der Waals surface area contributed by atoms with Gasteiger partial charge in [-0.2, -0.15) is 0 Å². The molecule has 1 fully saturated rings. The number of rotatable bonds is 6. The van der Waals surface area contributed by atoms with E-state index in [1.165, 1.54) is 43.7 Å². The minimum Gasteiger partial charge on any atom is -0.324 e. The van der Waals surface area contributed by atoms with E-state index in [2.05, 4.69) is 59.7 Å². The maximum absolute atomic E-state index is 4.94. The third-order valence-electron chi connectivity index (χ3n) is 4.84. The highest BCUT2D eigenvalue weighted by molar-refractivity contribution is 5.76. The fourth-order valence-corrected chi connectivity index (χ4v) is 3.81. The Kier molecular flexibility index (Phi) is 5.34. The summed E-state index contributed by atoms with van der Waals surface area (Å²) in [7, 11) is 4.28. The fraction of sp³-hybridized carbons (Fsp3) is 0.632. The van der Waals surface area contributed by atoms with Crippen molar-refractivity contribution in [2.24, 2.45) is 0 Å². The van der Waals surface area contributed by atoms with Gasteiger partial charge in [0.25, 0.3) is 0 Å². The van der Waals surface area contributed by atoms with Crippen LogP contribution in [0.1, 0.15) is 38.1 Å². The summed E-state index contributed by atoms with van der Waals surface area (Å²) >= 11 is 0. The number of hydrogen-bond acceptors (Lipinski definition) is 3. The maximum atomic E-state index is 4.94. The number of imidazole rings is 1. The van der Waals surface area contributed by atoms with Gasteiger partial charge in [-0.05, 0) is 59.1 Å². The summed E-state index contributed by atoms with van der Waals surface area (Å²) in [6.07, 6.45) is 5.15. The molecule has 0 radical (unpaired) electrons. The highest BCUT2D eigenvalue weighted by Crippen LogP contribution is 2.22. The number of piperidine rings is 1. The van der Waals surface area contributed by atoms with Gasteiger partial charge in [0.05, 0.1) is 11.0 Å². The lowest BCUT2D eigenvalue weighted by molar-refractivity contribution is 0.228. The van der Waals surface area contributed by atoms with Gasteiger partial charge in [0.1, 0.15) is 5.82 Å². The minimum absolute atomic E-state index is 0.439. The molecule has 0 bridgehead atoms. The Morgan fingerprint density at radius 2 is 1.87 bits per heavy atom. The number of likely N-dealkylation sites (tertiary alicyclic amines) is 1. The first kappa shape index (κ1) is 16.5.